The number of aliphatic hydroxyl groups excluding tert-OH is 1. The summed E-state index contributed by atoms with van der Waals surface area (Å²) in [7, 11) is 1.54. The summed E-state index contributed by atoms with van der Waals surface area (Å²) in [4.78, 5) is 13.3. The highest BCUT2D eigenvalue weighted by Gasteiger charge is 2.07. The third-order valence-electron chi connectivity index (χ3n) is 3.78. The molecule has 0 atom stereocenters. The van der Waals surface area contributed by atoms with Crippen molar-refractivity contribution in [2.75, 3.05) is 26.8 Å². The first kappa shape index (κ1) is 19.7. The number of rotatable bonds is 9. The lowest BCUT2D eigenvalue weighted by Crippen LogP contribution is -2.26. The van der Waals surface area contributed by atoms with Crippen molar-refractivity contribution in [2.24, 2.45) is 0 Å². The molecule has 0 aromatic heterocycles. The van der Waals surface area contributed by atoms with E-state index in [4.69, 9.17) is 9.47 Å². The van der Waals surface area contributed by atoms with Crippen LogP contribution in [0.25, 0.3) is 6.08 Å². The lowest BCUT2D eigenvalue weighted by Gasteiger charge is -2.19. The highest BCUT2D eigenvalue weighted by atomic mass is 16.6. The number of methoxy groups -OCH3 is 1. The monoisotopic (exact) mass is 355 g/mol. The van der Waals surface area contributed by atoms with E-state index in [-0.39, 0.29) is 12.6 Å². The van der Waals surface area contributed by atoms with Gasteiger partial charge in [-0.05, 0) is 23.3 Å². The SMILES string of the molecule is COc1cc(C=CCN(CCO)Cc2ccccc2)ccc1OC(C)=O. The quantitative estimate of drug-likeness (QED) is 0.553. The predicted octanol–water partition coefficient (Wildman–Crippen LogP) is 3.13. The van der Waals surface area contributed by atoms with Crippen LogP contribution >= 0.6 is 0 Å². The van der Waals surface area contributed by atoms with Crippen LogP contribution in [-0.2, 0) is 11.3 Å². The minimum atomic E-state index is -0.382. The Morgan fingerprint density at radius 1 is 1.15 bits per heavy atom. The molecule has 5 heteroatoms. The van der Waals surface area contributed by atoms with Gasteiger partial charge in [0.15, 0.2) is 11.5 Å². The summed E-state index contributed by atoms with van der Waals surface area (Å²) < 4.78 is 10.4. The average molecular weight is 355 g/mol. The molecule has 0 saturated heterocycles. The molecule has 2 aromatic carbocycles. The first-order chi connectivity index (χ1) is 12.6. The minimum Gasteiger partial charge on any atom is -0.493 e. The molecule has 0 saturated carbocycles. The van der Waals surface area contributed by atoms with Crippen molar-refractivity contribution < 1.29 is 19.4 Å². The third-order valence-corrected chi connectivity index (χ3v) is 3.78. The topological polar surface area (TPSA) is 59.0 Å². The summed E-state index contributed by atoms with van der Waals surface area (Å²) >= 11 is 0. The van der Waals surface area contributed by atoms with Crippen LogP contribution in [0.5, 0.6) is 11.5 Å². The number of carbonyl (C=O) groups excluding carboxylic acids is 1. The van der Waals surface area contributed by atoms with E-state index in [1.54, 1.807) is 13.2 Å². The van der Waals surface area contributed by atoms with Crippen LogP contribution in [-0.4, -0.2) is 42.8 Å². The van der Waals surface area contributed by atoms with Gasteiger partial charge in [-0.3, -0.25) is 9.69 Å². The Morgan fingerprint density at radius 2 is 1.92 bits per heavy atom. The summed E-state index contributed by atoms with van der Waals surface area (Å²) in [6.45, 7) is 3.57. The highest BCUT2D eigenvalue weighted by molar-refractivity contribution is 5.71. The maximum absolute atomic E-state index is 11.1. The smallest absolute Gasteiger partial charge is 0.308 e. The largest absolute Gasteiger partial charge is 0.493 e. The van der Waals surface area contributed by atoms with Gasteiger partial charge in [0, 0.05) is 26.6 Å². The highest BCUT2D eigenvalue weighted by Crippen LogP contribution is 2.28. The van der Waals surface area contributed by atoms with Gasteiger partial charge >= 0.3 is 5.97 Å². The van der Waals surface area contributed by atoms with Crippen LogP contribution in [0, 0.1) is 0 Å². The summed E-state index contributed by atoms with van der Waals surface area (Å²) in [6.07, 6.45) is 4.02. The molecule has 2 rings (SSSR count). The fourth-order valence-corrected chi connectivity index (χ4v) is 2.58. The Balaban J connectivity index is 2.01. The molecule has 0 unspecified atom stereocenters. The zero-order valence-electron chi connectivity index (χ0n) is 15.2. The molecule has 2 aromatic rings. The van der Waals surface area contributed by atoms with Crippen molar-refractivity contribution in [1.29, 1.82) is 0 Å². The van der Waals surface area contributed by atoms with E-state index in [1.165, 1.54) is 12.5 Å². The molecule has 0 aliphatic carbocycles. The molecule has 0 fully saturated rings. The van der Waals surface area contributed by atoms with E-state index in [2.05, 4.69) is 17.0 Å². The molecular weight excluding hydrogens is 330 g/mol. The Kier molecular flexibility index (Phi) is 7.86. The molecule has 0 amide bonds. The maximum Gasteiger partial charge on any atom is 0.308 e. The number of ether oxygens (including phenoxy) is 2. The lowest BCUT2D eigenvalue weighted by atomic mass is 10.1. The summed E-state index contributed by atoms with van der Waals surface area (Å²) in [6, 6.07) is 15.6. The van der Waals surface area contributed by atoms with Gasteiger partial charge in [0.05, 0.1) is 13.7 Å². The zero-order chi connectivity index (χ0) is 18.8. The van der Waals surface area contributed by atoms with Gasteiger partial charge in [-0.2, -0.15) is 0 Å². The predicted molar refractivity (Wildman–Crippen MR) is 102 cm³/mol. The van der Waals surface area contributed by atoms with E-state index >= 15 is 0 Å². The number of esters is 1. The molecule has 138 valence electrons. The lowest BCUT2D eigenvalue weighted by molar-refractivity contribution is -0.132. The van der Waals surface area contributed by atoms with Crippen LogP contribution < -0.4 is 9.47 Å². The van der Waals surface area contributed by atoms with Crippen molar-refractivity contribution in [3.63, 3.8) is 0 Å². The van der Waals surface area contributed by atoms with Gasteiger partial charge < -0.3 is 14.6 Å². The second kappa shape index (κ2) is 10.4. The number of hydrogen-bond acceptors (Lipinski definition) is 5. The first-order valence-corrected chi connectivity index (χ1v) is 8.52. The normalized spacial score (nSPS) is 11.1. The summed E-state index contributed by atoms with van der Waals surface area (Å²) in [5.74, 6) is 0.536. The molecule has 0 heterocycles. The van der Waals surface area contributed by atoms with E-state index in [1.807, 2.05) is 42.5 Å². The van der Waals surface area contributed by atoms with Gasteiger partial charge in [-0.15, -0.1) is 0 Å². The molecule has 0 radical (unpaired) electrons. The molecule has 0 bridgehead atoms. The molecular formula is C21H25NO4. The fraction of sp³-hybridized carbons (Fsp3) is 0.286. The molecule has 0 aliphatic rings. The number of carbonyl (C=O) groups is 1. The molecule has 0 aliphatic heterocycles. The third kappa shape index (κ3) is 6.35. The number of nitrogens with zero attached hydrogens (tertiary/aromatic N) is 1. The van der Waals surface area contributed by atoms with E-state index in [0.717, 1.165) is 12.1 Å². The van der Waals surface area contributed by atoms with E-state index in [9.17, 15) is 9.90 Å². The van der Waals surface area contributed by atoms with Crippen LogP contribution in [0.3, 0.4) is 0 Å². The first-order valence-electron chi connectivity index (χ1n) is 8.52. The van der Waals surface area contributed by atoms with Crippen molar-refractivity contribution in [1.82, 2.24) is 4.90 Å². The van der Waals surface area contributed by atoms with Crippen molar-refractivity contribution in [3.05, 3.63) is 65.7 Å². The second-order valence-electron chi connectivity index (χ2n) is 5.85. The Bertz CT molecular complexity index is 728. The summed E-state index contributed by atoms with van der Waals surface area (Å²) in [5, 5.41) is 9.28. The van der Waals surface area contributed by atoms with Gasteiger partial charge in [-0.25, -0.2) is 0 Å². The van der Waals surface area contributed by atoms with Crippen molar-refractivity contribution in [2.45, 2.75) is 13.5 Å². The maximum atomic E-state index is 11.1. The number of hydrogen-bond donors (Lipinski definition) is 1. The Morgan fingerprint density at radius 3 is 2.58 bits per heavy atom. The van der Waals surface area contributed by atoms with Crippen LogP contribution in [0.15, 0.2) is 54.6 Å². The molecule has 26 heavy (non-hydrogen) atoms. The molecule has 0 spiro atoms. The molecule has 5 nitrogen and oxygen atoms in total. The van der Waals surface area contributed by atoms with Crippen molar-refractivity contribution >= 4 is 12.0 Å². The Hall–Kier alpha value is -2.63. The van der Waals surface area contributed by atoms with E-state index in [0.29, 0.717) is 24.6 Å². The van der Waals surface area contributed by atoms with E-state index < -0.39 is 0 Å². The van der Waals surface area contributed by atoms with Gasteiger partial charge in [0.2, 0.25) is 0 Å². The number of benzene rings is 2. The van der Waals surface area contributed by atoms with Crippen LogP contribution in [0.4, 0.5) is 0 Å². The Labute approximate surface area is 154 Å². The standard InChI is InChI=1S/C21H25NO4/c1-17(24)26-20-11-10-18(15-21(20)25-2)9-6-12-22(13-14-23)16-19-7-4-3-5-8-19/h3-11,15,23H,12-14,16H2,1-2H3. The fourth-order valence-electron chi connectivity index (χ4n) is 2.58. The number of aliphatic hydroxyl groups is 1. The van der Waals surface area contributed by atoms with Crippen LogP contribution in [0.2, 0.25) is 0 Å². The van der Waals surface area contributed by atoms with Crippen LogP contribution in [0.1, 0.15) is 18.1 Å². The second-order valence-corrected chi connectivity index (χ2v) is 5.85. The van der Waals surface area contributed by atoms with Gasteiger partial charge in [0.25, 0.3) is 0 Å². The molecule has 1 N–H and O–H groups in total. The summed E-state index contributed by atoms with van der Waals surface area (Å²) in [5.41, 5.74) is 2.16. The average Bonchev–Trinajstić information content (AvgIpc) is 2.63. The van der Waals surface area contributed by atoms with Gasteiger partial charge in [-0.1, -0.05) is 48.6 Å². The van der Waals surface area contributed by atoms with Gasteiger partial charge in [0.1, 0.15) is 0 Å². The van der Waals surface area contributed by atoms with Crippen molar-refractivity contribution in [3.8, 4) is 11.5 Å². The minimum absolute atomic E-state index is 0.117. The zero-order valence-corrected chi connectivity index (χ0v) is 15.2.